The van der Waals surface area contributed by atoms with Crippen LogP contribution in [-0.2, 0) is 22.4 Å². The molecule has 1 saturated carbocycles. The number of rotatable bonds is 11. The van der Waals surface area contributed by atoms with Crippen LogP contribution >= 0.6 is 0 Å². The first-order valence-corrected chi connectivity index (χ1v) is 11.7. The molecule has 1 fully saturated rings. The number of benzene rings is 1. The SMILES string of the molecule is Cc1ccc(C[C@@H](C[C@@H]2CC(=O)[C@H](C(C)C)C[C@@H]2O)C(C)C)cc1CCCOCO. The van der Waals surface area contributed by atoms with E-state index in [9.17, 15) is 9.90 Å². The van der Waals surface area contributed by atoms with Crippen LogP contribution in [0, 0.1) is 36.5 Å². The standard InChI is InChI=1S/C26H42O4/c1-17(2)22(13-23-14-26(29)24(18(3)4)15-25(23)28)12-20-9-8-19(5)21(11-20)7-6-10-30-16-27/h8-9,11,17-18,22-25,27-28H,6-7,10,12-16H2,1-5H3/t22-,23+,24-,25-/m0/s1. The van der Waals surface area contributed by atoms with Gasteiger partial charge < -0.3 is 14.9 Å². The van der Waals surface area contributed by atoms with Crippen LogP contribution in [0.1, 0.15) is 70.1 Å². The van der Waals surface area contributed by atoms with E-state index in [0.29, 0.717) is 43.0 Å². The van der Waals surface area contributed by atoms with Crippen LogP contribution in [0.15, 0.2) is 18.2 Å². The van der Waals surface area contributed by atoms with Crippen LogP contribution in [0.3, 0.4) is 0 Å². The average molecular weight is 419 g/mol. The van der Waals surface area contributed by atoms with Gasteiger partial charge in [0.15, 0.2) is 0 Å². The lowest BCUT2D eigenvalue weighted by Gasteiger charge is -2.36. The van der Waals surface area contributed by atoms with Gasteiger partial charge in [-0.15, -0.1) is 0 Å². The quantitative estimate of drug-likeness (QED) is 0.403. The normalized spacial score (nSPS) is 23.4. The van der Waals surface area contributed by atoms with Gasteiger partial charge in [0.2, 0.25) is 0 Å². The number of carbonyl (C=O) groups is 1. The monoisotopic (exact) mass is 418 g/mol. The minimum atomic E-state index is -0.364. The number of hydrogen-bond donors (Lipinski definition) is 2. The van der Waals surface area contributed by atoms with Gasteiger partial charge in [0.1, 0.15) is 12.6 Å². The zero-order valence-corrected chi connectivity index (χ0v) is 19.6. The Labute approximate surface area is 183 Å². The first kappa shape index (κ1) is 25.0. The number of Topliss-reactive ketones (excluding diaryl/α,β-unsaturated/α-hetero) is 1. The highest BCUT2D eigenvalue weighted by molar-refractivity contribution is 5.82. The number of aliphatic hydroxyl groups excluding tert-OH is 2. The number of aryl methyl sites for hydroxylation is 2. The van der Waals surface area contributed by atoms with Crippen LogP contribution in [0.25, 0.3) is 0 Å². The maximum Gasteiger partial charge on any atom is 0.143 e. The molecule has 1 aromatic carbocycles. The fraction of sp³-hybridized carbons (Fsp3) is 0.731. The third kappa shape index (κ3) is 7.18. The van der Waals surface area contributed by atoms with Gasteiger partial charge in [0.05, 0.1) is 6.10 Å². The molecule has 0 unspecified atom stereocenters. The van der Waals surface area contributed by atoms with E-state index in [1.54, 1.807) is 0 Å². The Kier molecular flexibility index (Phi) is 9.99. The molecule has 0 aliphatic heterocycles. The third-order valence-corrected chi connectivity index (χ3v) is 7.01. The lowest BCUT2D eigenvalue weighted by Crippen LogP contribution is -2.39. The molecule has 1 aromatic rings. The van der Waals surface area contributed by atoms with Gasteiger partial charge in [-0.25, -0.2) is 0 Å². The summed E-state index contributed by atoms with van der Waals surface area (Å²) >= 11 is 0. The summed E-state index contributed by atoms with van der Waals surface area (Å²) < 4.78 is 5.05. The van der Waals surface area contributed by atoms with Crippen molar-refractivity contribution in [2.45, 2.75) is 79.2 Å². The number of hydrogen-bond acceptors (Lipinski definition) is 4. The minimum Gasteiger partial charge on any atom is -0.393 e. The van der Waals surface area contributed by atoms with Crippen LogP contribution in [0.5, 0.6) is 0 Å². The molecule has 0 amide bonds. The summed E-state index contributed by atoms with van der Waals surface area (Å²) in [5, 5.41) is 19.5. The summed E-state index contributed by atoms with van der Waals surface area (Å²) in [4.78, 5) is 12.6. The largest absolute Gasteiger partial charge is 0.393 e. The van der Waals surface area contributed by atoms with Crippen molar-refractivity contribution in [1.82, 2.24) is 0 Å². The van der Waals surface area contributed by atoms with Crippen molar-refractivity contribution < 1.29 is 19.7 Å². The summed E-state index contributed by atoms with van der Waals surface area (Å²) in [7, 11) is 0. The van der Waals surface area contributed by atoms with Crippen LogP contribution in [0.4, 0.5) is 0 Å². The topological polar surface area (TPSA) is 66.8 Å². The van der Waals surface area contributed by atoms with Crippen molar-refractivity contribution >= 4 is 5.78 Å². The van der Waals surface area contributed by atoms with E-state index in [1.807, 2.05) is 0 Å². The lowest BCUT2D eigenvalue weighted by molar-refractivity contribution is -0.132. The second-order valence-corrected chi connectivity index (χ2v) is 9.93. The maximum absolute atomic E-state index is 12.6. The van der Waals surface area contributed by atoms with Crippen molar-refractivity contribution in [1.29, 1.82) is 0 Å². The Morgan fingerprint density at radius 1 is 1.20 bits per heavy atom. The summed E-state index contributed by atoms with van der Waals surface area (Å²) in [6.45, 7) is 11.2. The molecule has 4 nitrogen and oxygen atoms in total. The summed E-state index contributed by atoms with van der Waals surface area (Å²) in [6, 6.07) is 6.72. The Bertz CT molecular complexity index is 667. The smallest absolute Gasteiger partial charge is 0.143 e. The van der Waals surface area contributed by atoms with E-state index in [0.717, 1.165) is 25.7 Å². The summed E-state index contributed by atoms with van der Waals surface area (Å²) in [6.07, 6.45) is 4.50. The second kappa shape index (κ2) is 12.0. The maximum atomic E-state index is 12.6. The zero-order valence-electron chi connectivity index (χ0n) is 19.6. The lowest BCUT2D eigenvalue weighted by atomic mass is 9.70. The Balaban J connectivity index is 2.03. The van der Waals surface area contributed by atoms with Gasteiger partial charge in [-0.05, 0) is 79.4 Å². The molecule has 4 atom stereocenters. The highest BCUT2D eigenvalue weighted by atomic mass is 16.6. The predicted octanol–water partition coefficient (Wildman–Crippen LogP) is 4.71. The molecule has 0 aromatic heterocycles. The molecule has 4 heteroatoms. The molecule has 1 aliphatic rings. The minimum absolute atomic E-state index is 0.0169. The molecule has 2 rings (SSSR count). The molecular formula is C26H42O4. The van der Waals surface area contributed by atoms with Crippen LogP contribution < -0.4 is 0 Å². The van der Waals surface area contributed by atoms with Crippen LogP contribution in [0.2, 0.25) is 0 Å². The van der Waals surface area contributed by atoms with E-state index < -0.39 is 0 Å². The van der Waals surface area contributed by atoms with Gasteiger partial charge in [-0.1, -0.05) is 45.9 Å². The molecule has 30 heavy (non-hydrogen) atoms. The molecule has 2 N–H and O–H groups in total. The molecule has 1 aliphatic carbocycles. The van der Waals surface area contributed by atoms with Crippen molar-refractivity contribution in [2.75, 3.05) is 13.4 Å². The number of aliphatic hydroxyl groups is 2. The van der Waals surface area contributed by atoms with Crippen molar-refractivity contribution in [3.05, 3.63) is 34.9 Å². The third-order valence-electron chi connectivity index (χ3n) is 7.01. The predicted molar refractivity (Wildman–Crippen MR) is 121 cm³/mol. The number of ketones is 1. The van der Waals surface area contributed by atoms with Gasteiger partial charge in [-0.3, -0.25) is 4.79 Å². The van der Waals surface area contributed by atoms with E-state index in [-0.39, 0.29) is 24.7 Å². The average Bonchev–Trinajstić information content (AvgIpc) is 2.68. The fourth-order valence-corrected chi connectivity index (χ4v) is 4.85. The second-order valence-electron chi connectivity index (χ2n) is 9.93. The number of carbonyl (C=O) groups excluding carboxylic acids is 1. The van der Waals surface area contributed by atoms with Gasteiger partial charge in [-0.2, -0.15) is 0 Å². The first-order chi connectivity index (χ1) is 14.2. The van der Waals surface area contributed by atoms with E-state index >= 15 is 0 Å². The van der Waals surface area contributed by atoms with Gasteiger partial charge in [0, 0.05) is 18.9 Å². The molecule has 0 radical (unpaired) electrons. The molecule has 0 heterocycles. The Morgan fingerprint density at radius 2 is 1.93 bits per heavy atom. The summed E-state index contributed by atoms with van der Waals surface area (Å²) in [5.74, 6) is 1.69. The highest BCUT2D eigenvalue weighted by Gasteiger charge is 2.37. The van der Waals surface area contributed by atoms with Gasteiger partial charge >= 0.3 is 0 Å². The fourth-order valence-electron chi connectivity index (χ4n) is 4.85. The van der Waals surface area contributed by atoms with Gasteiger partial charge in [0.25, 0.3) is 0 Å². The number of ether oxygens (including phenoxy) is 1. The van der Waals surface area contributed by atoms with Crippen molar-refractivity contribution in [2.24, 2.45) is 29.6 Å². The van der Waals surface area contributed by atoms with E-state index in [1.165, 1.54) is 16.7 Å². The molecule has 0 spiro atoms. The van der Waals surface area contributed by atoms with E-state index in [4.69, 9.17) is 9.84 Å². The van der Waals surface area contributed by atoms with E-state index in [2.05, 4.69) is 52.8 Å². The van der Waals surface area contributed by atoms with Crippen molar-refractivity contribution in [3.63, 3.8) is 0 Å². The Morgan fingerprint density at radius 3 is 2.57 bits per heavy atom. The first-order valence-electron chi connectivity index (χ1n) is 11.7. The highest BCUT2D eigenvalue weighted by Crippen LogP contribution is 2.36. The molecule has 0 bridgehead atoms. The molecule has 170 valence electrons. The summed E-state index contributed by atoms with van der Waals surface area (Å²) in [5.41, 5.74) is 3.95. The zero-order chi connectivity index (χ0) is 22.3. The van der Waals surface area contributed by atoms with Crippen molar-refractivity contribution in [3.8, 4) is 0 Å². The molecule has 0 saturated heterocycles. The Hall–Kier alpha value is -1.23. The van der Waals surface area contributed by atoms with Crippen LogP contribution in [-0.4, -0.2) is 35.5 Å². The molecular weight excluding hydrogens is 376 g/mol.